The SMILES string of the molecule is COc1ccc(C(=O)C2C(=O)C(=O)N(c3ccc(-c4ccon4)cc3)C2c2ccc(OC)cc2)cc1. The third-order valence-electron chi connectivity index (χ3n) is 6.30. The Labute approximate surface area is 207 Å². The van der Waals surface area contributed by atoms with Gasteiger partial charge in [0.05, 0.1) is 20.3 Å². The van der Waals surface area contributed by atoms with Crippen molar-refractivity contribution >= 4 is 23.2 Å². The molecule has 2 atom stereocenters. The molecule has 36 heavy (non-hydrogen) atoms. The Morgan fingerprint density at radius 1 is 0.833 bits per heavy atom. The number of nitrogens with zero attached hydrogens (tertiary/aromatic N) is 2. The minimum atomic E-state index is -1.21. The van der Waals surface area contributed by atoms with Crippen LogP contribution in [-0.2, 0) is 9.59 Å². The first kappa shape index (κ1) is 23.0. The van der Waals surface area contributed by atoms with E-state index >= 15 is 0 Å². The van der Waals surface area contributed by atoms with Crippen molar-refractivity contribution in [2.75, 3.05) is 19.1 Å². The van der Waals surface area contributed by atoms with Gasteiger partial charge in [-0.2, -0.15) is 0 Å². The second kappa shape index (κ2) is 9.50. The standard InChI is InChI=1S/C28H22N2O6/c1-34-21-11-5-18(6-12-21)25-24(26(31)19-7-13-22(35-2)14-8-19)27(32)28(33)30(25)20-9-3-17(4-10-20)23-15-16-36-29-23/h3-16,24-25H,1-2H3. The number of hydrogen-bond acceptors (Lipinski definition) is 7. The first-order valence-electron chi connectivity index (χ1n) is 11.2. The number of methoxy groups -OCH3 is 2. The molecule has 1 aliphatic heterocycles. The average molecular weight is 482 g/mol. The Balaban J connectivity index is 1.57. The molecule has 1 aliphatic rings. The van der Waals surface area contributed by atoms with Crippen LogP contribution >= 0.6 is 0 Å². The highest BCUT2D eigenvalue weighted by atomic mass is 16.5. The number of ketones is 2. The smallest absolute Gasteiger partial charge is 0.295 e. The van der Waals surface area contributed by atoms with E-state index in [1.807, 2.05) is 0 Å². The summed E-state index contributed by atoms with van der Waals surface area (Å²) >= 11 is 0. The second-order valence-corrected chi connectivity index (χ2v) is 8.26. The van der Waals surface area contributed by atoms with Gasteiger partial charge in [0.2, 0.25) is 5.78 Å². The van der Waals surface area contributed by atoms with E-state index in [1.165, 1.54) is 18.3 Å². The lowest BCUT2D eigenvalue weighted by atomic mass is 9.86. The largest absolute Gasteiger partial charge is 0.497 e. The summed E-state index contributed by atoms with van der Waals surface area (Å²) in [5, 5.41) is 3.93. The van der Waals surface area contributed by atoms with Crippen molar-refractivity contribution in [1.29, 1.82) is 0 Å². The van der Waals surface area contributed by atoms with Gasteiger partial charge in [-0.3, -0.25) is 19.3 Å². The van der Waals surface area contributed by atoms with Crippen molar-refractivity contribution in [1.82, 2.24) is 5.16 Å². The molecule has 1 amide bonds. The van der Waals surface area contributed by atoms with Gasteiger partial charge in [0.25, 0.3) is 5.91 Å². The molecule has 1 fully saturated rings. The molecule has 1 aromatic heterocycles. The van der Waals surface area contributed by atoms with E-state index in [0.29, 0.717) is 34.0 Å². The number of benzene rings is 3. The third kappa shape index (κ3) is 4.02. The molecule has 2 heterocycles. The van der Waals surface area contributed by atoms with E-state index in [1.54, 1.807) is 86.0 Å². The molecule has 8 nitrogen and oxygen atoms in total. The van der Waals surface area contributed by atoms with Crippen LogP contribution in [-0.4, -0.2) is 36.8 Å². The molecule has 8 heteroatoms. The van der Waals surface area contributed by atoms with Gasteiger partial charge < -0.3 is 14.0 Å². The van der Waals surface area contributed by atoms with Crippen LogP contribution < -0.4 is 14.4 Å². The summed E-state index contributed by atoms with van der Waals surface area (Å²) in [5.74, 6) is -1.93. The van der Waals surface area contributed by atoms with Crippen LogP contribution in [0.2, 0.25) is 0 Å². The quantitative estimate of drug-likeness (QED) is 0.217. The number of carbonyl (C=O) groups excluding carboxylic acids is 3. The number of anilines is 1. The highest BCUT2D eigenvalue weighted by Crippen LogP contribution is 2.42. The minimum absolute atomic E-state index is 0.323. The number of hydrogen-bond donors (Lipinski definition) is 0. The average Bonchev–Trinajstić information content (AvgIpc) is 3.56. The maximum atomic E-state index is 13.6. The fourth-order valence-corrected chi connectivity index (χ4v) is 4.44. The number of Topliss-reactive ketones (excluding diaryl/α,β-unsaturated/α-hetero) is 2. The fraction of sp³-hybridized carbons (Fsp3) is 0.143. The Hall–Kier alpha value is -4.72. The van der Waals surface area contributed by atoms with Crippen molar-refractivity contribution < 1.29 is 28.4 Å². The van der Waals surface area contributed by atoms with Gasteiger partial charge in [-0.15, -0.1) is 0 Å². The molecule has 3 aromatic carbocycles. The fourth-order valence-electron chi connectivity index (χ4n) is 4.44. The molecule has 2 unspecified atom stereocenters. The van der Waals surface area contributed by atoms with E-state index < -0.39 is 29.4 Å². The first-order chi connectivity index (χ1) is 17.5. The monoisotopic (exact) mass is 482 g/mol. The van der Waals surface area contributed by atoms with Crippen LogP contribution in [0.25, 0.3) is 11.3 Å². The Morgan fingerprint density at radius 2 is 1.44 bits per heavy atom. The van der Waals surface area contributed by atoms with Crippen molar-refractivity contribution in [2.45, 2.75) is 6.04 Å². The van der Waals surface area contributed by atoms with Crippen molar-refractivity contribution in [2.24, 2.45) is 5.92 Å². The summed E-state index contributed by atoms with van der Waals surface area (Å²) in [6, 6.07) is 21.4. The van der Waals surface area contributed by atoms with Crippen LogP contribution in [0.3, 0.4) is 0 Å². The van der Waals surface area contributed by atoms with Gasteiger partial charge in [0.15, 0.2) is 5.78 Å². The van der Waals surface area contributed by atoms with Gasteiger partial charge in [-0.1, -0.05) is 29.4 Å². The topological polar surface area (TPSA) is 98.9 Å². The summed E-state index contributed by atoms with van der Waals surface area (Å²) in [6.07, 6.45) is 1.47. The molecule has 0 saturated carbocycles. The molecule has 0 radical (unpaired) electrons. The number of ether oxygens (including phenoxy) is 2. The summed E-state index contributed by atoms with van der Waals surface area (Å²) in [6.45, 7) is 0. The van der Waals surface area contributed by atoms with Crippen LogP contribution in [0.1, 0.15) is 22.0 Å². The minimum Gasteiger partial charge on any atom is -0.497 e. The zero-order chi connectivity index (χ0) is 25.2. The van der Waals surface area contributed by atoms with E-state index in [9.17, 15) is 14.4 Å². The van der Waals surface area contributed by atoms with Crippen LogP contribution in [0.15, 0.2) is 89.6 Å². The lowest BCUT2D eigenvalue weighted by Crippen LogP contribution is -2.30. The number of rotatable bonds is 7. The molecule has 180 valence electrons. The lowest BCUT2D eigenvalue weighted by Gasteiger charge is -2.27. The zero-order valence-electron chi connectivity index (χ0n) is 19.6. The summed E-state index contributed by atoms with van der Waals surface area (Å²) in [4.78, 5) is 41.6. The number of carbonyl (C=O) groups is 3. The maximum Gasteiger partial charge on any atom is 0.295 e. The molecule has 0 bridgehead atoms. The van der Waals surface area contributed by atoms with Gasteiger partial charge in [0, 0.05) is 22.9 Å². The van der Waals surface area contributed by atoms with Crippen molar-refractivity contribution in [3.8, 4) is 22.8 Å². The summed E-state index contributed by atoms with van der Waals surface area (Å²) in [5.41, 5.74) is 2.89. The highest BCUT2D eigenvalue weighted by molar-refractivity contribution is 6.49. The summed E-state index contributed by atoms with van der Waals surface area (Å²) < 4.78 is 15.3. The van der Waals surface area contributed by atoms with Crippen LogP contribution in [0, 0.1) is 5.92 Å². The lowest BCUT2D eigenvalue weighted by molar-refractivity contribution is -0.135. The van der Waals surface area contributed by atoms with Crippen LogP contribution in [0.4, 0.5) is 5.69 Å². The van der Waals surface area contributed by atoms with Crippen LogP contribution in [0.5, 0.6) is 11.5 Å². The molecule has 0 aliphatic carbocycles. The Kier molecular flexibility index (Phi) is 6.08. The molecule has 4 aromatic rings. The van der Waals surface area contributed by atoms with Gasteiger partial charge in [-0.05, 0) is 54.1 Å². The maximum absolute atomic E-state index is 13.6. The summed E-state index contributed by atoms with van der Waals surface area (Å²) in [7, 11) is 3.08. The number of aromatic nitrogens is 1. The van der Waals surface area contributed by atoms with Crippen molar-refractivity contribution in [3.63, 3.8) is 0 Å². The molecule has 5 rings (SSSR count). The Bertz CT molecular complexity index is 1390. The highest BCUT2D eigenvalue weighted by Gasteiger charge is 2.52. The van der Waals surface area contributed by atoms with Gasteiger partial charge >= 0.3 is 0 Å². The molecule has 0 N–H and O–H groups in total. The van der Waals surface area contributed by atoms with E-state index in [0.717, 1.165) is 5.56 Å². The molecule has 1 saturated heterocycles. The van der Waals surface area contributed by atoms with E-state index in [4.69, 9.17) is 14.0 Å². The van der Waals surface area contributed by atoms with Gasteiger partial charge in [-0.25, -0.2) is 0 Å². The van der Waals surface area contributed by atoms with E-state index in [2.05, 4.69) is 5.16 Å². The molecule has 0 spiro atoms. The van der Waals surface area contributed by atoms with Gasteiger partial charge in [0.1, 0.15) is 29.4 Å². The number of amides is 1. The van der Waals surface area contributed by atoms with E-state index in [-0.39, 0.29) is 0 Å². The normalized spacial score (nSPS) is 17.3. The zero-order valence-corrected chi connectivity index (χ0v) is 19.6. The first-order valence-corrected chi connectivity index (χ1v) is 11.2. The molecular formula is C28H22N2O6. The second-order valence-electron chi connectivity index (χ2n) is 8.26. The Morgan fingerprint density at radius 3 is 2.00 bits per heavy atom. The van der Waals surface area contributed by atoms with Crippen molar-refractivity contribution in [3.05, 3.63) is 96.3 Å². The predicted octanol–water partition coefficient (Wildman–Crippen LogP) is 4.51. The third-order valence-corrected chi connectivity index (χ3v) is 6.30. The predicted molar refractivity (Wildman–Crippen MR) is 131 cm³/mol. The molecular weight excluding hydrogens is 460 g/mol.